The molecule has 134 valence electrons. The van der Waals surface area contributed by atoms with E-state index in [1.807, 2.05) is 13.8 Å². The molecule has 2 aromatic rings. The van der Waals surface area contributed by atoms with E-state index in [0.717, 1.165) is 11.6 Å². The van der Waals surface area contributed by atoms with Crippen LogP contribution in [-0.4, -0.2) is 11.5 Å². The summed E-state index contributed by atoms with van der Waals surface area (Å²) < 4.78 is 19.5. The molecule has 1 aliphatic rings. The summed E-state index contributed by atoms with van der Waals surface area (Å²) >= 11 is 5.66. The molecule has 0 fully saturated rings. The van der Waals surface area contributed by atoms with Gasteiger partial charge >= 0.3 is 0 Å². The quantitative estimate of drug-likeness (QED) is 0.748. The van der Waals surface area contributed by atoms with Crippen LogP contribution < -0.4 is 15.8 Å². The Morgan fingerprint density at radius 3 is 2.72 bits per heavy atom. The van der Waals surface area contributed by atoms with Gasteiger partial charge in [-0.1, -0.05) is 11.6 Å². The first-order chi connectivity index (χ1) is 11.2. The Bertz CT molecular complexity index is 812. The van der Waals surface area contributed by atoms with E-state index >= 15 is 0 Å². The molecule has 2 aromatic carbocycles. The van der Waals surface area contributed by atoms with Crippen LogP contribution in [0.5, 0.6) is 5.75 Å². The SMILES string of the molecule is CC1(C)CC(NC(=O)c2ccc(Cl)c(F)c2)c2cc(N)ccc2O1.Cl. The number of fused-ring (bicyclic) bond motifs is 1. The lowest BCUT2D eigenvalue weighted by molar-refractivity contribution is 0.0620. The van der Waals surface area contributed by atoms with Crippen LogP contribution in [0.15, 0.2) is 36.4 Å². The molecule has 0 aliphatic carbocycles. The summed E-state index contributed by atoms with van der Waals surface area (Å²) in [7, 11) is 0. The average Bonchev–Trinajstić information content (AvgIpc) is 2.50. The van der Waals surface area contributed by atoms with E-state index in [1.54, 1.807) is 18.2 Å². The molecule has 1 atom stereocenters. The van der Waals surface area contributed by atoms with Crippen LogP contribution in [0.4, 0.5) is 10.1 Å². The van der Waals surface area contributed by atoms with E-state index in [0.29, 0.717) is 17.9 Å². The minimum atomic E-state index is -0.624. The van der Waals surface area contributed by atoms with Crippen molar-refractivity contribution in [3.8, 4) is 5.75 Å². The number of nitrogens with two attached hydrogens (primary N) is 1. The van der Waals surface area contributed by atoms with Crippen molar-refractivity contribution in [2.24, 2.45) is 0 Å². The van der Waals surface area contributed by atoms with Crippen molar-refractivity contribution in [1.82, 2.24) is 5.32 Å². The molecule has 0 saturated heterocycles. The van der Waals surface area contributed by atoms with E-state index in [2.05, 4.69) is 5.32 Å². The second kappa shape index (κ2) is 7.10. The van der Waals surface area contributed by atoms with Crippen molar-refractivity contribution >= 4 is 35.6 Å². The Morgan fingerprint density at radius 2 is 2.04 bits per heavy atom. The molecule has 0 aromatic heterocycles. The summed E-state index contributed by atoms with van der Waals surface area (Å²) in [5.41, 5.74) is 7.04. The normalized spacial score (nSPS) is 17.7. The van der Waals surface area contributed by atoms with Gasteiger partial charge in [-0.15, -0.1) is 12.4 Å². The van der Waals surface area contributed by atoms with E-state index < -0.39 is 11.4 Å². The van der Waals surface area contributed by atoms with Crippen LogP contribution in [-0.2, 0) is 0 Å². The zero-order valence-corrected chi connectivity index (χ0v) is 15.4. The van der Waals surface area contributed by atoms with E-state index in [1.165, 1.54) is 12.1 Å². The molecule has 0 saturated carbocycles. The molecule has 25 heavy (non-hydrogen) atoms. The first-order valence-corrected chi connectivity index (χ1v) is 7.97. The predicted molar refractivity (Wildman–Crippen MR) is 99.0 cm³/mol. The fourth-order valence-electron chi connectivity index (χ4n) is 2.88. The maximum atomic E-state index is 13.6. The highest BCUT2D eigenvalue weighted by Gasteiger charge is 2.34. The summed E-state index contributed by atoms with van der Waals surface area (Å²) in [6, 6.07) is 9.05. The first kappa shape index (κ1) is 19.3. The molecule has 4 nitrogen and oxygen atoms in total. The highest BCUT2D eigenvalue weighted by molar-refractivity contribution is 6.30. The highest BCUT2D eigenvalue weighted by Crippen LogP contribution is 2.40. The minimum absolute atomic E-state index is 0. The van der Waals surface area contributed by atoms with Crippen molar-refractivity contribution in [2.45, 2.75) is 31.9 Å². The predicted octanol–water partition coefficient (Wildman–Crippen LogP) is 4.52. The molecule has 1 amide bonds. The van der Waals surface area contributed by atoms with Gasteiger partial charge in [-0.05, 0) is 50.2 Å². The molecule has 1 aliphatic heterocycles. The maximum Gasteiger partial charge on any atom is 0.251 e. The smallest absolute Gasteiger partial charge is 0.251 e. The summed E-state index contributed by atoms with van der Waals surface area (Å²) in [5.74, 6) is -0.309. The van der Waals surface area contributed by atoms with Gasteiger partial charge in [-0.2, -0.15) is 0 Å². The number of halogens is 3. The third-order valence-corrected chi connectivity index (χ3v) is 4.28. The van der Waals surface area contributed by atoms with Gasteiger partial charge in [0.1, 0.15) is 17.2 Å². The Labute approximate surface area is 156 Å². The summed E-state index contributed by atoms with van der Waals surface area (Å²) in [4.78, 5) is 12.5. The lowest BCUT2D eigenvalue weighted by atomic mass is 9.89. The lowest BCUT2D eigenvalue weighted by Crippen LogP contribution is -2.41. The van der Waals surface area contributed by atoms with E-state index in [9.17, 15) is 9.18 Å². The van der Waals surface area contributed by atoms with E-state index in [4.69, 9.17) is 22.1 Å². The Morgan fingerprint density at radius 1 is 1.32 bits per heavy atom. The molecular formula is C18H19Cl2FN2O2. The number of carbonyl (C=O) groups excluding carboxylic acids is 1. The van der Waals surface area contributed by atoms with Crippen LogP contribution in [0.2, 0.25) is 5.02 Å². The lowest BCUT2D eigenvalue weighted by Gasteiger charge is -2.38. The van der Waals surface area contributed by atoms with Crippen molar-refractivity contribution in [3.63, 3.8) is 0 Å². The average molecular weight is 385 g/mol. The van der Waals surface area contributed by atoms with Crippen LogP contribution in [0.25, 0.3) is 0 Å². The van der Waals surface area contributed by atoms with Crippen LogP contribution >= 0.6 is 24.0 Å². The largest absolute Gasteiger partial charge is 0.487 e. The number of hydrogen-bond donors (Lipinski definition) is 2. The highest BCUT2D eigenvalue weighted by atomic mass is 35.5. The summed E-state index contributed by atoms with van der Waals surface area (Å²) in [6.45, 7) is 3.90. The third-order valence-electron chi connectivity index (χ3n) is 3.98. The van der Waals surface area contributed by atoms with Crippen LogP contribution in [0, 0.1) is 5.82 Å². The molecule has 1 heterocycles. The Kier molecular flexibility index (Phi) is 5.49. The van der Waals surface area contributed by atoms with Crippen molar-refractivity contribution in [3.05, 3.63) is 58.4 Å². The molecular weight excluding hydrogens is 366 g/mol. The number of ether oxygens (including phenoxy) is 1. The zero-order chi connectivity index (χ0) is 17.5. The number of rotatable bonds is 2. The Balaban J connectivity index is 0.00000225. The monoisotopic (exact) mass is 384 g/mol. The number of amides is 1. The number of hydrogen-bond acceptors (Lipinski definition) is 3. The summed E-state index contributed by atoms with van der Waals surface area (Å²) in [6.07, 6.45) is 0.575. The number of anilines is 1. The molecule has 0 spiro atoms. The van der Waals surface area contributed by atoms with Crippen LogP contribution in [0.3, 0.4) is 0 Å². The summed E-state index contributed by atoms with van der Waals surface area (Å²) in [5, 5.41) is 2.92. The molecule has 3 N–H and O–H groups in total. The Hall–Kier alpha value is -1.98. The number of nitrogen functional groups attached to an aromatic ring is 1. The maximum absolute atomic E-state index is 13.6. The van der Waals surface area contributed by atoms with Gasteiger partial charge in [0.15, 0.2) is 0 Å². The zero-order valence-electron chi connectivity index (χ0n) is 13.8. The van der Waals surface area contributed by atoms with Crippen molar-refractivity contribution in [1.29, 1.82) is 0 Å². The number of benzene rings is 2. The van der Waals surface area contributed by atoms with Gasteiger partial charge in [0.05, 0.1) is 11.1 Å². The molecule has 0 radical (unpaired) electrons. The molecule has 0 bridgehead atoms. The second-order valence-corrected chi connectivity index (χ2v) is 6.93. The molecule has 1 unspecified atom stereocenters. The molecule has 7 heteroatoms. The van der Waals surface area contributed by atoms with Crippen LogP contribution in [0.1, 0.15) is 42.2 Å². The van der Waals surface area contributed by atoms with Gasteiger partial charge < -0.3 is 15.8 Å². The van der Waals surface area contributed by atoms with E-state index in [-0.39, 0.29) is 34.9 Å². The minimum Gasteiger partial charge on any atom is -0.487 e. The second-order valence-electron chi connectivity index (χ2n) is 6.52. The fourth-order valence-corrected chi connectivity index (χ4v) is 3.00. The number of nitrogens with one attached hydrogen (secondary N) is 1. The van der Waals surface area contributed by atoms with Gasteiger partial charge in [0, 0.05) is 23.2 Å². The van der Waals surface area contributed by atoms with Gasteiger partial charge in [0.2, 0.25) is 0 Å². The standard InChI is InChI=1S/C18H18ClFN2O2.ClH/c1-18(2)9-15(12-8-11(21)4-6-16(12)24-18)22-17(23)10-3-5-13(19)14(20)7-10;/h3-8,15H,9,21H2,1-2H3,(H,22,23);1H. The topological polar surface area (TPSA) is 64.4 Å². The van der Waals surface area contributed by atoms with Crippen molar-refractivity contribution in [2.75, 3.05) is 5.73 Å². The van der Waals surface area contributed by atoms with Gasteiger partial charge in [-0.3, -0.25) is 4.79 Å². The van der Waals surface area contributed by atoms with Gasteiger partial charge in [-0.25, -0.2) is 4.39 Å². The molecule has 3 rings (SSSR count). The number of carbonyl (C=O) groups is 1. The third kappa shape index (κ3) is 4.17. The fraction of sp³-hybridized carbons (Fsp3) is 0.278. The van der Waals surface area contributed by atoms with Gasteiger partial charge in [0.25, 0.3) is 5.91 Å². The van der Waals surface area contributed by atoms with Crippen molar-refractivity contribution < 1.29 is 13.9 Å². The first-order valence-electron chi connectivity index (χ1n) is 7.59.